The van der Waals surface area contributed by atoms with Gasteiger partial charge in [0.2, 0.25) is 5.91 Å². The number of halogens is 1. The van der Waals surface area contributed by atoms with Crippen molar-refractivity contribution in [1.82, 2.24) is 4.90 Å². The maximum Gasteiger partial charge on any atom is 0.335 e. The molecule has 1 saturated heterocycles. The number of amides is 1. The van der Waals surface area contributed by atoms with E-state index in [1.165, 1.54) is 0 Å². The van der Waals surface area contributed by atoms with Gasteiger partial charge >= 0.3 is 5.97 Å². The molecule has 1 aliphatic rings. The maximum atomic E-state index is 12.1. The van der Waals surface area contributed by atoms with Crippen LogP contribution in [0.25, 0.3) is 0 Å². The zero-order chi connectivity index (χ0) is 14.8. The van der Waals surface area contributed by atoms with Crippen LogP contribution in [0.3, 0.4) is 0 Å². The average molecular weight is 342 g/mol. The van der Waals surface area contributed by atoms with Crippen LogP contribution in [0.5, 0.6) is 0 Å². The van der Waals surface area contributed by atoms with Crippen molar-refractivity contribution in [3.05, 3.63) is 34.3 Å². The van der Waals surface area contributed by atoms with E-state index in [9.17, 15) is 14.7 Å². The number of aliphatic hydroxyl groups is 1. The Labute approximate surface area is 125 Å². The van der Waals surface area contributed by atoms with Crippen LogP contribution in [0.15, 0.2) is 28.7 Å². The van der Waals surface area contributed by atoms with Crippen LogP contribution in [0.4, 0.5) is 0 Å². The molecule has 0 spiro atoms. The number of likely N-dealkylation sites (tertiary alicyclic amines) is 1. The molecule has 1 amide bonds. The molecule has 0 radical (unpaired) electrons. The number of hydrogen-bond acceptors (Lipinski definition) is 3. The number of rotatable bonds is 3. The van der Waals surface area contributed by atoms with Gasteiger partial charge < -0.3 is 15.1 Å². The molecule has 5 nitrogen and oxygen atoms in total. The first-order chi connectivity index (χ1) is 9.40. The lowest BCUT2D eigenvalue weighted by Crippen LogP contribution is -2.51. The number of carbonyl (C=O) groups excluding carboxylic acids is 1. The first-order valence-electron chi connectivity index (χ1n) is 6.39. The highest BCUT2D eigenvalue weighted by Gasteiger charge is 2.40. The summed E-state index contributed by atoms with van der Waals surface area (Å²) in [6.45, 7) is 0.547. The number of carbonyl (C=O) groups is 2. The van der Waals surface area contributed by atoms with Crippen molar-refractivity contribution in [2.24, 2.45) is 0 Å². The van der Waals surface area contributed by atoms with Gasteiger partial charge in [-0.3, -0.25) is 4.79 Å². The van der Waals surface area contributed by atoms with E-state index < -0.39 is 11.6 Å². The Bertz CT molecular complexity index is 524. The van der Waals surface area contributed by atoms with E-state index in [-0.39, 0.29) is 38.3 Å². The molecule has 0 bridgehead atoms. The Hall–Kier alpha value is -1.40. The van der Waals surface area contributed by atoms with Crippen molar-refractivity contribution in [1.29, 1.82) is 0 Å². The van der Waals surface area contributed by atoms with Gasteiger partial charge in [0, 0.05) is 30.4 Å². The van der Waals surface area contributed by atoms with E-state index in [4.69, 9.17) is 5.11 Å². The predicted octanol–water partition coefficient (Wildman–Crippen LogP) is 1.43. The first-order valence-corrected chi connectivity index (χ1v) is 7.18. The third-order valence-electron chi connectivity index (χ3n) is 3.59. The number of nitrogens with zero attached hydrogens (tertiary/aromatic N) is 1. The molecule has 0 saturated carbocycles. The molecule has 2 rings (SSSR count). The van der Waals surface area contributed by atoms with E-state index in [0.717, 1.165) is 10.0 Å². The minimum atomic E-state index is -1.69. The molecule has 1 fully saturated rings. The van der Waals surface area contributed by atoms with E-state index in [2.05, 4.69) is 15.9 Å². The summed E-state index contributed by atoms with van der Waals surface area (Å²) in [5.41, 5.74) is -0.782. The van der Waals surface area contributed by atoms with Gasteiger partial charge in [-0.1, -0.05) is 28.1 Å². The normalized spacial score (nSPS) is 17.8. The molecule has 20 heavy (non-hydrogen) atoms. The summed E-state index contributed by atoms with van der Waals surface area (Å²) >= 11 is 3.36. The second kappa shape index (κ2) is 5.93. The molecule has 0 aliphatic carbocycles. The SMILES string of the molecule is O=C(Cc1cccc(Br)c1)N1CCC(O)(C(=O)O)CC1. The molecule has 108 valence electrons. The molecule has 6 heteroatoms. The van der Waals surface area contributed by atoms with Gasteiger partial charge in [-0.15, -0.1) is 0 Å². The number of benzene rings is 1. The fourth-order valence-electron chi connectivity index (χ4n) is 2.27. The summed E-state index contributed by atoms with van der Waals surface area (Å²) < 4.78 is 0.918. The van der Waals surface area contributed by atoms with Crippen LogP contribution >= 0.6 is 15.9 Å². The van der Waals surface area contributed by atoms with Crippen LogP contribution in [0.1, 0.15) is 18.4 Å². The predicted molar refractivity (Wildman–Crippen MR) is 76.2 cm³/mol. The van der Waals surface area contributed by atoms with Gasteiger partial charge in [0.1, 0.15) is 0 Å². The lowest BCUT2D eigenvalue weighted by Gasteiger charge is -2.35. The molecule has 0 atom stereocenters. The Kier molecular flexibility index (Phi) is 4.45. The summed E-state index contributed by atoms with van der Waals surface area (Å²) in [5.74, 6) is -1.26. The number of hydrogen-bond donors (Lipinski definition) is 2. The van der Waals surface area contributed by atoms with E-state index in [1.807, 2.05) is 24.3 Å². The molecular weight excluding hydrogens is 326 g/mol. The molecule has 0 aromatic heterocycles. The lowest BCUT2D eigenvalue weighted by atomic mass is 9.91. The van der Waals surface area contributed by atoms with Crippen LogP contribution < -0.4 is 0 Å². The number of aliphatic carboxylic acids is 1. The van der Waals surface area contributed by atoms with E-state index >= 15 is 0 Å². The fraction of sp³-hybridized carbons (Fsp3) is 0.429. The highest BCUT2D eigenvalue weighted by molar-refractivity contribution is 9.10. The number of piperidine rings is 1. The Morgan fingerprint density at radius 3 is 2.50 bits per heavy atom. The molecule has 1 heterocycles. The minimum Gasteiger partial charge on any atom is -0.479 e. The summed E-state index contributed by atoms with van der Waals surface area (Å²) in [5, 5.41) is 18.8. The largest absolute Gasteiger partial charge is 0.479 e. The third-order valence-corrected chi connectivity index (χ3v) is 4.08. The minimum absolute atomic E-state index is 0.0458. The van der Waals surface area contributed by atoms with Gasteiger partial charge in [-0.05, 0) is 17.7 Å². The molecule has 1 aromatic carbocycles. The summed E-state index contributed by atoms with van der Waals surface area (Å²) in [7, 11) is 0. The van der Waals surface area contributed by atoms with Crippen molar-refractivity contribution < 1.29 is 19.8 Å². The molecular formula is C14H16BrNO4. The maximum absolute atomic E-state index is 12.1. The zero-order valence-corrected chi connectivity index (χ0v) is 12.5. The van der Waals surface area contributed by atoms with E-state index in [1.54, 1.807) is 4.90 Å². The topological polar surface area (TPSA) is 77.8 Å². The van der Waals surface area contributed by atoms with Crippen molar-refractivity contribution >= 4 is 27.8 Å². The summed E-state index contributed by atoms with van der Waals surface area (Å²) in [6, 6.07) is 7.52. The average Bonchev–Trinajstić information content (AvgIpc) is 2.39. The van der Waals surface area contributed by atoms with Gasteiger partial charge in [0.25, 0.3) is 0 Å². The van der Waals surface area contributed by atoms with Crippen molar-refractivity contribution in [2.75, 3.05) is 13.1 Å². The molecule has 1 aliphatic heterocycles. The highest BCUT2D eigenvalue weighted by Crippen LogP contribution is 2.23. The Morgan fingerprint density at radius 1 is 1.30 bits per heavy atom. The quantitative estimate of drug-likeness (QED) is 0.871. The van der Waals surface area contributed by atoms with Gasteiger partial charge in [-0.25, -0.2) is 4.79 Å². The van der Waals surface area contributed by atoms with Crippen molar-refractivity contribution in [3.63, 3.8) is 0 Å². The van der Waals surface area contributed by atoms with Crippen LogP contribution in [0.2, 0.25) is 0 Å². The van der Waals surface area contributed by atoms with Crippen LogP contribution in [0, 0.1) is 0 Å². The monoisotopic (exact) mass is 341 g/mol. The Balaban J connectivity index is 1.94. The molecule has 1 aromatic rings. The van der Waals surface area contributed by atoms with Gasteiger partial charge in [0.15, 0.2) is 5.60 Å². The van der Waals surface area contributed by atoms with Crippen molar-refractivity contribution in [2.45, 2.75) is 24.9 Å². The summed E-state index contributed by atoms with van der Waals surface area (Å²) in [6.07, 6.45) is 0.435. The number of carboxylic acid groups (broad SMARTS) is 1. The molecule has 2 N–H and O–H groups in total. The lowest BCUT2D eigenvalue weighted by molar-refractivity contribution is -0.165. The summed E-state index contributed by atoms with van der Waals surface area (Å²) in [4.78, 5) is 24.7. The van der Waals surface area contributed by atoms with Crippen molar-refractivity contribution in [3.8, 4) is 0 Å². The van der Waals surface area contributed by atoms with E-state index in [0.29, 0.717) is 0 Å². The highest BCUT2D eigenvalue weighted by atomic mass is 79.9. The van der Waals surface area contributed by atoms with Crippen LogP contribution in [-0.2, 0) is 16.0 Å². The second-order valence-corrected chi connectivity index (χ2v) is 5.94. The fourth-order valence-corrected chi connectivity index (χ4v) is 2.72. The number of carboxylic acids is 1. The first kappa shape index (κ1) is 15.0. The third kappa shape index (κ3) is 3.37. The van der Waals surface area contributed by atoms with Gasteiger partial charge in [-0.2, -0.15) is 0 Å². The van der Waals surface area contributed by atoms with Crippen LogP contribution in [-0.4, -0.2) is 45.7 Å². The Morgan fingerprint density at radius 2 is 1.95 bits per heavy atom. The molecule has 0 unspecified atom stereocenters. The zero-order valence-electron chi connectivity index (χ0n) is 10.9. The standard InChI is InChI=1S/C14H16BrNO4/c15-11-3-1-2-10(8-11)9-12(17)16-6-4-14(20,5-7-16)13(18)19/h1-3,8,20H,4-7,9H2,(H,18,19). The second-order valence-electron chi connectivity index (χ2n) is 5.02. The van der Waals surface area contributed by atoms with Gasteiger partial charge in [0.05, 0.1) is 6.42 Å². The smallest absolute Gasteiger partial charge is 0.335 e.